The third kappa shape index (κ3) is 3.34. The SMILES string of the molecule is Cl.N=C(N)N(C=O)c1ccc2c(c1)ncn2Cc1ccccc1Cl. The van der Waals surface area contributed by atoms with Gasteiger partial charge >= 0.3 is 0 Å². The van der Waals surface area contributed by atoms with Crippen LogP contribution in [0.5, 0.6) is 0 Å². The van der Waals surface area contributed by atoms with E-state index in [1.165, 1.54) is 0 Å². The predicted octanol–water partition coefficient (Wildman–Crippen LogP) is 3.02. The van der Waals surface area contributed by atoms with Crippen LogP contribution in [-0.2, 0) is 11.3 Å². The van der Waals surface area contributed by atoms with Gasteiger partial charge in [0, 0.05) is 5.02 Å². The van der Waals surface area contributed by atoms with E-state index in [0.29, 0.717) is 29.2 Å². The molecule has 0 saturated heterocycles. The lowest BCUT2D eigenvalue weighted by Crippen LogP contribution is -2.35. The molecule has 0 aliphatic rings. The highest BCUT2D eigenvalue weighted by Crippen LogP contribution is 2.23. The van der Waals surface area contributed by atoms with Gasteiger partial charge in [0.15, 0.2) is 5.96 Å². The molecule has 1 amide bonds. The summed E-state index contributed by atoms with van der Waals surface area (Å²) in [5.41, 5.74) is 8.50. The van der Waals surface area contributed by atoms with Gasteiger partial charge in [-0.2, -0.15) is 0 Å². The minimum Gasteiger partial charge on any atom is -0.369 e. The quantitative estimate of drug-likeness (QED) is 0.424. The molecule has 0 fully saturated rings. The number of nitrogens with zero attached hydrogens (tertiary/aromatic N) is 3. The lowest BCUT2D eigenvalue weighted by atomic mass is 10.2. The lowest BCUT2D eigenvalue weighted by Gasteiger charge is -2.14. The molecule has 6 nitrogen and oxygen atoms in total. The van der Waals surface area contributed by atoms with Gasteiger partial charge in [-0.1, -0.05) is 29.8 Å². The number of halogens is 2. The smallest absolute Gasteiger partial charge is 0.221 e. The minimum absolute atomic E-state index is 0. The maximum Gasteiger partial charge on any atom is 0.221 e. The standard InChI is InChI=1S/C16H14ClN5O.ClH/c17-13-4-2-1-3-11(13)8-21-9-20-14-7-12(5-6-15(14)21)22(10-23)16(18)19;/h1-7,9-10H,8H2,(H3,18,19);1H. The van der Waals surface area contributed by atoms with E-state index in [4.69, 9.17) is 22.7 Å². The second-order valence-electron chi connectivity index (χ2n) is 5.00. The molecule has 3 aromatic rings. The first-order valence-corrected chi connectivity index (χ1v) is 7.25. The minimum atomic E-state index is -0.338. The maximum absolute atomic E-state index is 11.0. The Bertz CT molecular complexity index is 893. The molecule has 8 heteroatoms. The topological polar surface area (TPSA) is 88.0 Å². The summed E-state index contributed by atoms with van der Waals surface area (Å²) in [4.78, 5) is 16.4. The monoisotopic (exact) mass is 363 g/mol. The fourth-order valence-corrected chi connectivity index (χ4v) is 2.59. The number of fused-ring (bicyclic) bond motifs is 1. The van der Waals surface area contributed by atoms with Crippen molar-refractivity contribution in [2.75, 3.05) is 4.90 Å². The van der Waals surface area contributed by atoms with Crippen LogP contribution in [0.1, 0.15) is 5.56 Å². The van der Waals surface area contributed by atoms with E-state index in [0.717, 1.165) is 16.0 Å². The number of aromatic nitrogens is 2. The number of guanidine groups is 1. The van der Waals surface area contributed by atoms with Gasteiger partial charge in [0.1, 0.15) is 0 Å². The number of carbonyl (C=O) groups is 1. The van der Waals surface area contributed by atoms with Crippen LogP contribution >= 0.6 is 24.0 Å². The van der Waals surface area contributed by atoms with Crippen molar-refractivity contribution in [2.24, 2.45) is 5.73 Å². The number of carbonyl (C=O) groups excluding carboxylic acids is 1. The van der Waals surface area contributed by atoms with Crippen molar-refractivity contribution >= 4 is 53.1 Å². The number of amides is 1. The van der Waals surface area contributed by atoms with E-state index in [2.05, 4.69) is 4.98 Å². The summed E-state index contributed by atoms with van der Waals surface area (Å²) >= 11 is 6.20. The Balaban J connectivity index is 0.00000208. The van der Waals surface area contributed by atoms with Gasteiger partial charge in [-0.15, -0.1) is 12.4 Å². The van der Waals surface area contributed by atoms with E-state index in [1.54, 1.807) is 18.5 Å². The Kier molecular flexibility index (Phi) is 5.43. The first-order valence-electron chi connectivity index (χ1n) is 6.87. The molecule has 0 aliphatic heterocycles. The van der Waals surface area contributed by atoms with Crippen LogP contribution in [-0.4, -0.2) is 21.9 Å². The molecule has 1 aromatic heterocycles. The van der Waals surface area contributed by atoms with Crippen molar-refractivity contribution in [1.29, 1.82) is 5.41 Å². The molecule has 124 valence electrons. The molecule has 0 unspecified atom stereocenters. The molecular formula is C16H15Cl2N5O. The first kappa shape index (κ1) is 17.8. The van der Waals surface area contributed by atoms with Gasteiger partial charge in [-0.25, -0.2) is 4.98 Å². The third-order valence-corrected chi connectivity index (χ3v) is 3.92. The summed E-state index contributed by atoms with van der Waals surface area (Å²) in [6, 6.07) is 12.9. The predicted molar refractivity (Wildman–Crippen MR) is 98.0 cm³/mol. The molecule has 0 bridgehead atoms. The molecule has 0 saturated carbocycles. The van der Waals surface area contributed by atoms with Crippen LogP contribution in [0.4, 0.5) is 5.69 Å². The van der Waals surface area contributed by atoms with Gasteiger partial charge in [-0.05, 0) is 29.8 Å². The van der Waals surface area contributed by atoms with Crippen LogP contribution < -0.4 is 10.6 Å². The Labute approximate surface area is 149 Å². The van der Waals surface area contributed by atoms with E-state index in [9.17, 15) is 4.79 Å². The summed E-state index contributed by atoms with van der Waals surface area (Å²) in [7, 11) is 0. The summed E-state index contributed by atoms with van der Waals surface area (Å²) in [5, 5.41) is 8.11. The number of nitrogens with two attached hydrogens (primary N) is 1. The molecule has 3 rings (SSSR count). The van der Waals surface area contributed by atoms with Crippen LogP contribution in [0.3, 0.4) is 0 Å². The van der Waals surface area contributed by atoms with Gasteiger partial charge in [0.05, 0.1) is 29.6 Å². The molecule has 2 aromatic carbocycles. The zero-order valence-electron chi connectivity index (χ0n) is 12.5. The van der Waals surface area contributed by atoms with Gasteiger partial charge in [-0.3, -0.25) is 15.1 Å². The number of rotatable bonds is 4. The summed E-state index contributed by atoms with van der Waals surface area (Å²) < 4.78 is 1.97. The highest BCUT2D eigenvalue weighted by molar-refractivity contribution is 6.31. The number of hydrogen-bond acceptors (Lipinski definition) is 3. The second kappa shape index (κ2) is 7.33. The van der Waals surface area contributed by atoms with E-state index in [1.807, 2.05) is 34.9 Å². The molecule has 0 radical (unpaired) electrons. The molecule has 1 heterocycles. The molecular weight excluding hydrogens is 349 g/mol. The van der Waals surface area contributed by atoms with Crippen molar-refractivity contribution in [3.8, 4) is 0 Å². The zero-order chi connectivity index (χ0) is 16.4. The molecule has 0 spiro atoms. The van der Waals surface area contributed by atoms with E-state index < -0.39 is 0 Å². The van der Waals surface area contributed by atoms with Gasteiger partial charge < -0.3 is 10.3 Å². The van der Waals surface area contributed by atoms with Crippen LogP contribution in [0, 0.1) is 5.41 Å². The third-order valence-electron chi connectivity index (χ3n) is 3.55. The Morgan fingerprint density at radius 1 is 1.33 bits per heavy atom. The Morgan fingerprint density at radius 3 is 2.75 bits per heavy atom. The second-order valence-corrected chi connectivity index (χ2v) is 5.40. The van der Waals surface area contributed by atoms with Crippen molar-refractivity contribution in [3.63, 3.8) is 0 Å². The van der Waals surface area contributed by atoms with Crippen LogP contribution in [0.25, 0.3) is 11.0 Å². The van der Waals surface area contributed by atoms with E-state index >= 15 is 0 Å². The first-order chi connectivity index (χ1) is 11.1. The van der Waals surface area contributed by atoms with Crippen molar-refractivity contribution in [2.45, 2.75) is 6.54 Å². The van der Waals surface area contributed by atoms with Gasteiger partial charge in [0.2, 0.25) is 6.41 Å². The van der Waals surface area contributed by atoms with Crippen molar-refractivity contribution in [3.05, 3.63) is 59.4 Å². The van der Waals surface area contributed by atoms with Crippen molar-refractivity contribution in [1.82, 2.24) is 9.55 Å². The lowest BCUT2D eigenvalue weighted by molar-refractivity contribution is -0.106. The average Bonchev–Trinajstić information content (AvgIpc) is 2.92. The number of benzene rings is 2. The van der Waals surface area contributed by atoms with Crippen LogP contribution in [0.15, 0.2) is 48.8 Å². The Morgan fingerprint density at radius 2 is 2.08 bits per heavy atom. The highest BCUT2D eigenvalue weighted by Gasteiger charge is 2.11. The fraction of sp³-hybridized carbons (Fsp3) is 0.0625. The fourth-order valence-electron chi connectivity index (χ4n) is 2.39. The number of nitrogens with one attached hydrogen (secondary N) is 1. The largest absolute Gasteiger partial charge is 0.369 e. The number of imidazole rings is 1. The summed E-state index contributed by atoms with van der Waals surface area (Å²) in [5.74, 6) is -0.338. The number of hydrogen-bond donors (Lipinski definition) is 2. The summed E-state index contributed by atoms with van der Waals surface area (Å²) in [6.07, 6.45) is 2.22. The van der Waals surface area contributed by atoms with E-state index in [-0.39, 0.29) is 18.4 Å². The molecule has 0 aliphatic carbocycles. The number of anilines is 1. The summed E-state index contributed by atoms with van der Waals surface area (Å²) in [6.45, 7) is 0.597. The Hall–Kier alpha value is -2.57. The maximum atomic E-state index is 11.0. The molecule has 0 atom stereocenters. The zero-order valence-corrected chi connectivity index (χ0v) is 14.1. The normalized spacial score (nSPS) is 10.2. The highest BCUT2D eigenvalue weighted by atomic mass is 35.5. The average molecular weight is 364 g/mol. The molecule has 24 heavy (non-hydrogen) atoms. The molecule has 3 N–H and O–H groups in total. The van der Waals surface area contributed by atoms with Crippen LogP contribution in [0.2, 0.25) is 5.02 Å². The van der Waals surface area contributed by atoms with Gasteiger partial charge in [0.25, 0.3) is 0 Å². The van der Waals surface area contributed by atoms with Crippen molar-refractivity contribution < 1.29 is 4.79 Å².